The van der Waals surface area contributed by atoms with Gasteiger partial charge in [0.25, 0.3) is 0 Å². The molecule has 0 radical (unpaired) electrons. The Labute approximate surface area is 133 Å². The number of Topliss-reactive ketones (excluding diaryl/α,β-unsaturated/α-hetero) is 2. The minimum absolute atomic E-state index is 0.0831. The van der Waals surface area contributed by atoms with Crippen molar-refractivity contribution in [3.63, 3.8) is 0 Å². The number of carbonyl (C=O) groups is 2. The highest BCUT2D eigenvalue weighted by Crippen LogP contribution is 2.77. The first-order valence-electron chi connectivity index (χ1n) is 9.69. The van der Waals surface area contributed by atoms with Crippen LogP contribution < -0.4 is 0 Å². The molecule has 5 rings (SSSR count). The highest BCUT2D eigenvalue weighted by atomic mass is 16.1. The third-order valence-electron chi connectivity index (χ3n) is 8.61. The standard InChI is InChI=1S/C20H28O2/c21-15-17(7-1-2-8-17)13-19-11-5-6-12-20(15,19)14-18(16(19)22)9-3-4-10-18/h1-14H2. The van der Waals surface area contributed by atoms with Gasteiger partial charge in [-0.2, -0.15) is 0 Å². The van der Waals surface area contributed by atoms with Gasteiger partial charge in [0, 0.05) is 21.7 Å². The van der Waals surface area contributed by atoms with E-state index >= 15 is 0 Å². The molecule has 0 aromatic carbocycles. The average Bonchev–Trinajstić information content (AvgIpc) is 3.25. The molecule has 0 heterocycles. The third-order valence-corrected chi connectivity index (χ3v) is 8.61. The molecule has 0 amide bonds. The van der Waals surface area contributed by atoms with Crippen LogP contribution in [0.4, 0.5) is 0 Å². The van der Waals surface area contributed by atoms with Crippen LogP contribution in [0.15, 0.2) is 0 Å². The molecule has 2 unspecified atom stereocenters. The maximum absolute atomic E-state index is 13.7. The smallest absolute Gasteiger partial charge is 0.146 e. The van der Waals surface area contributed by atoms with E-state index in [1.807, 2.05) is 0 Å². The van der Waals surface area contributed by atoms with E-state index in [0.717, 1.165) is 51.4 Å². The van der Waals surface area contributed by atoms with Gasteiger partial charge in [-0.1, -0.05) is 38.5 Å². The fourth-order valence-corrected chi connectivity index (χ4v) is 7.91. The van der Waals surface area contributed by atoms with Gasteiger partial charge in [0.2, 0.25) is 0 Å². The van der Waals surface area contributed by atoms with Gasteiger partial charge in [-0.25, -0.2) is 0 Å². The molecule has 2 heteroatoms. The van der Waals surface area contributed by atoms with Crippen LogP contribution in [0.25, 0.3) is 0 Å². The molecule has 2 nitrogen and oxygen atoms in total. The van der Waals surface area contributed by atoms with Crippen molar-refractivity contribution in [1.82, 2.24) is 0 Å². The van der Waals surface area contributed by atoms with Crippen LogP contribution in [0.1, 0.15) is 89.9 Å². The highest BCUT2D eigenvalue weighted by Gasteiger charge is 2.79. The van der Waals surface area contributed by atoms with Crippen LogP contribution in [0.3, 0.4) is 0 Å². The minimum atomic E-state index is -0.225. The molecule has 22 heavy (non-hydrogen) atoms. The lowest BCUT2D eigenvalue weighted by atomic mass is 9.59. The third kappa shape index (κ3) is 1.28. The zero-order valence-corrected chi connectivity index (χ0v) is 13.7. The maximum Gasteiger partial charge on any atom is 0.146 e. The Hall–Kier alpha value is -0.660. The van der Waals surface area contributed by atoms with E-state index < -0.39 is 0 Å². The monoisotopic (exact) mass is 300 g/mol. The predicted octanol–water partition coefficient (Wildman–Crippen LogP) is 4.60. The lowest BCUT2D eigenvalue weighted by Crippen LogP contribution is -2.44. The van der Waals surface area contributed by atoms with Crippen LogP contribution in [0, 0.1) is 21.7 Å². The van der Waals surface area contributed by atoms with Crippen LogP contribution >= 0.6 is 0 Å². The van der Waals surface area contributed by atoms with Crippen molar-refractivity contribution in [2.45, 2.75) is 89.9 Å². The zero-order chi connectivity index (χ0) is 15.1. The van der Waals surface area contributed by atoms with Crippen LogP contribution in [0.5, 0.6) is 0 Å². The number of hydrogen-bond acceptors (Lipinski definition) is 2. The molecule has 5 saturated carbocycles. The van der Waals surface area contributed by atoms with E-state index in [4.69, 9.17) is 0 Å². The molecule has 5 aliphatic carbocycles. The molecule has 0 N–H and O–H groups in total. The Bertz CT molecular complexity index is 500. The highest BCUT2D eigenvalue weighted by molar-refractivity contribution is 6.07. The van der Waals surface area contributed by atoms with Gasteiger partial charge in [0.1, 0.15) is 11.6 Å². The molecule has 0 aromatic rings. The summed E-state index contributed by atoms with van der Waals surface area (Å²) in [5, 5.41) is 0. The summed E-state index contributed by atoms with van der Waals surface area (Å²) in [4.78, 5) is 27.4. The summed E-state index contributed by atoms with van der Waals surface area (Å²) < 4.78 is 0. The Morgan fingerprint density at radius 1 is 0.500 bits per heavy atom. The van der Waals surface area contributed by atoms with Crippen LogP contribution in [0.2, 0.25) is 0 Å². The summed E-state index contributed by atoms with van der Waals surface area (Å²) in [6, 6.07) is 0. The molecule has 0 saturated heterocycles. The molecule has 120 valence electrons. The van der Waals surface area contributed by atoms with E-state index in [1.54, 1.807) is 0 Å². The van der Waals surface area contributed by atoms with Crippen molar-refractivity contribution in [2.75, 3.05) is 0 Å². The summed E-state index contributed by atoms with van der Waals surface area (Å²) in [7, 11) is 0. The first-order chi connectivity index (χ1) is 10.6. The summed E-state index contributed by atoms with van der Waals surface area (Å²) in [6.45, 7) is 0. The Kier molecular flexibility index (Phi) is 2.53. The summed E-state index contributed by atoms with van der Waals surface area (Å²) in [6.07, 6.45) is 15.4. The average molecular weight is 300 g/mol. The molecule has 0 aliphatic heterocycles. The summed E-state index contributed by atoms with van der Waals surface area (Å²) in [5.41, 5.74) is -0.617. The topological polar surface area (TPSA) is 34.1 Å². The van der Waals surface area contributed by atoms with Crippen molar-refractivity contribution in [2.24, 2.45) is 21.7 Å². The number of ketones is 2. The fraction of sp³-hybridized carbons (Fsp3) is 0.900. The second-order valence-corrected chi connectivity index (χ2v) is 9.36. The largest absolute Gasteiger partial charge is 0.298 e. The van der Waals surface area contributed by atoms with Crippen molar-refractivity contribution < 1.29 is 9.59 Å². The number of carbonyl (C=O) groups excluding carboxylic acids is 2. The van der Waals surface area contributed by atoms with Crippen molar-refractivity contribution >= 4 is 11.6 Å². The van der Waals surface area contributed by atoms with Crippen LogP contribution in [-0.2, 0) is 9.59 Å². The molecule has 5 fully saturated rings. The molecule has 2 spiro atoms. The van der Waals surface area contributed by atoms with E-state index in [9.17, 15) is 9.59 Å². The molecular formula is C20H28O2. The van der Waals surface area contributed by atoms with Crippen LogP contribution in [-0.4, -0.2) is 11.6 Å². The van der Waals surface area contributed by atoms with Crippen molar-refractivity contribution in [3.8, 4) is 0 Å². The Balaban J connectivity index is 1.67. The number of rotatable bonds is 0. The van der Waals surface area contributed by atoms with E-state index in [0.29, 0.717) is 11.6 Å². The van der Waals surface area contributed by atoms with Gasteiger partial charge >= 0.3 is 0 Å². The maximum atomic E-state index is 13.7. The minimum Gasteiger partial charge on any atom is -0.298 e. The van der Waals surface area contributed by atoms with Gasteiger partial charge in [-0.05, 0) is 51.4 Å². The Morgan fingerprint density at radius 2 is 0.818 bits per heavy atom. The normalized spacial score (nSPS) is 44.9. The zero-order valence-electron chi connectivity index (χ0n) is 13.7. The quantitative estimate of drug-likeness (QED) is 0.655. The van der Waals surface area contributed by atoms with Gasteiger partial charge in [0.05, 0.1) is 0 Å². The summed E-state index contributed by atoms with van der Waals surface area (Å²) in [5.74, 6) is 1.13. The van der Waals surface area contributed by atoms with Gasteiger partial charge < -0.3 is 0 Å². The molecule has 5 aliphatic rings. The van der Waals surface area contributed by atoms with Gasteiger partial charge in [-0.15, -0.1) is 0 Å². The van der Waals surface area contributed by atoms with Crippen molar-refractivity contribution in [3.05, 3.63) is 0 Å². The lowest BCUT2D eigenvalue weighted by Gasteiger charge is -2.41. The molecule has 2 atom stereocenters. The number of hydrogen-bond donors (Lipinski definition) is 0. The first kappa shape index (κ1) is 13.7. The van der Waals surface area contributed by atoms with Gasteiger partial charge in [0.15, 0.2) is 0 Å². The second-order valence-electron chi connectivity index (χ2n) is 9.36. The molecule has 0 bridgehead atoms. The Morgan fingerprint density at radius 3 is 1.18 bits per heavy atom. The molecule has 0 aromatic heterocycles. The first-order valence-corrected chi connectivity index (χ1v) is 9.69. The summed E-state index contributed by atoms with van der Waals surface area (Å²) >= 11 is 0. The van der Waals surface area contributed by atoms with E-state index in [-0.39, 0.29) is 21.7 Å². The SMILES string of the molecule is O=C1C2(CCCC2)CC23CCCCC12CC1(CCCC1)C3=O. The predicted molar refractivity (Wildman–Crippen MR) is 84.4 cm³/mol. The van der Waals surface area contributed by atoms with E-state index in [2.05, 4.69) is 0 Å². The second kappa shape index (κ2) is 4.05. The van der Waals surface area contributed by atoms with Gasteiger partial charge in [-0.3, -0.25) is 9.59 Å². The van der Waals surface area contributed by atoms with Crippen molar-refractivity contribution in [1.29, 1.82) is 0 Å². The molecular weight excluding hydrogens is 272 g/mol. The fourth-order valence-electron chi connectivity index (χ4n) is 7.91. The lowest BCUT2D eigenvalue weighted by molar-refractivity contribution is -0.142. The van der Waals surface area contributed by atoms with E-state index in [1.165, 1.54) is 38.5 Å².